The van der Waals surface area contributed by atoms with E-state index in [2.05, 4.69) is 0 Å². The number of aldehydes is 1. The SMILES string of the molecule is COc1ccc(C=O)c2c1N(C)C(=O)CC2.COc1cccc2c1N(C)C(=O)CC2. The number of methoxy groups -OCH3 is 2. The van der Waals surface area contributed by atoms with E-state index in [-0.39, 0.29) is 11.8 Å². The Balaban J connectivity index is 0.000000172. The predicted molar refractivity (Wildman–Crippen MR) is 115 cm³/mol. The predicted octanol–water partition coefficient (Wildman–Crippen LogP) is 3.02. The van der Waals surface area contributed by atoms with Crippen LogP contribution in [0.3, 0.4) is 0 Å². The molecule has 2 aromatic rings. The summed E-state index contributed by atoms with van der Waals surface area (Å²) in [5.41, 5.74) is 4.37. The molecule has 0 radical (unpaired) electrons. The fraction of sp³-hybridized carbons (Fsp3) is 0.348. The molecule has 2 heterocycles. The number of carbonyl (C=O) groups is 3. The zero-order chi connectivity index (χ0) is 21.8. The molecule has 0 saturated heterocycles. The van der Waals surface area contributed by atoms with Crippen molar-refractivity contribution in [2.75, 3.05) is 38.1 Å². The Morgan fingerprint density at radius 2 is 1.40 bits per heavy atom. The van der Waals surface area contributed by atoms with Crippen LogP contribution in [0, 0.1) is 0 Å². The van der Waals surface area contributed by atoms with E-state index in [4.69, 9.17) is 9.47 Å². The van der Waals surface area contributed by atoms with Crippen LogP contribution < -0.4 is 19.3 Å². The smallest absolute Gasteiger partial charge is 0.227 e. The first-order valence-corrected chi connectivity index (χ1v) is 9.77. The van der Waals surface area contributed by atoms with Crippen molar-refractivity contribution < 1.29 is 23.9 Å². The number of ether oxygens (including phenoxy) is 2. The number of aryl methyl sites for hydroxylation is 1. The summed E-state index contributed by atoms with van der Waals surface area (Å²) in [5.74, 6) is 1.62. The van der Waals surface area contributed by atoms with Crippen LogP contribution in [0.25, 0.3) is 0 Å². The molecule has 7 heteroatoms. The van der Waals surface area contributed by atoms with E-state index >= 15 is 0 Å². The number of nitrogens with zero attached hydrogens (tertiary/aromatic N) is 2. The Morgan fingerprint density at radius 3 is 2.03 bits per heavy atom. The minimum Gasteiger partial charge on any atom is -0.495 e. The van der Waals surface area contributed by atoms with Gasteiger partial charge in [-0.1, -0.05) is 12.1 Å². The van der Waals surface area contributed by atoms with Crippen molar-refractivity contribution in [2.45, 2.75) is 25.7 Å². The van der Waals surface area contributed by atoms with Gasteiger partial charge in [0, 0.05) is 32.5 Å². The van der Waals surface area contributed by atoms with Gasteiger partial charge in [0.15, 0.2) is 0 Å². The highest BCUT2D eigenvalue weighted by molar-refractivity contribution is 6.00. The van der Waals surface area contributed by atoms with Crippen LogP contribution in [-0.4, -0.2) is 46.4 Å². The molecule has 0 saturated carbocycles. The fourth-order valence-corrected chi connectivity index (χ4v) is 3.91. The van der Waals surface area contributed by atoms with Crippen LogP contribution in [0.5, 0.6) is 11.5 Å². The summed E-state index contributed by atoms with van der Waals surface area (Å²) in [6, 6.07) is 9.34. The van der Waals surface area contributed by atoms with Gasteiger partial charge in [0.05, 0.1) is 25.6 Å². The van der Waals surface area contributed by atoms with Gasteiger partial charge in [-0.05, 0) is 42.2 Å². The van der Waals surface area contributed by atoms with Crippen LogP contribution in [0.1, 0.15) is 34.3 Å². The van der Waals surface area contributed by atoms with E-state index in [0.29, 0.717) is 30.6 Å². The highest BCUT2D eigenvalue weighted by Gasteiger charge is 2.26. The summed E-state index contributed by atoms with van der Waals surface area (Å²) in [6.45, 7) is 0. The van der Waals surface area contributed by atoms with Crippen LogP contribution >= 0.6 is 0 Å². The first-order chi connectivity index (χ1) is 14.4. The van der Waals surface area contributed by atoms with Crippen LogP contribution in [0.15, 0.2) is 30.3 Å². The van der Waals surface area contributed by atoms with Gasteiger partial charge in [-0.25, -0.2) is 0 Å². The number of amides is 2. The molecule has 2 aromatic carbocycles. The Bertz CT molecular complexity index is 972. The average molecular weight is 410 g/mol. The second kappa shape index (κ2) is 8.98. The van der Waals surface area contributed by atoms with Gasteiger partial charge < -0.3 is 19.3 Å². The second-order valence-corrected chi connectivity index (χ2v) is 7.18. The van der Waals surface area contributed by atoms with Crippen molar-refractivity contribution >= 4 is 29.5 Å². The molecule has 0 atom stereocenters. The number of hydrogen-bond acceptors (Lipinski definition) is 5. The third-order valence-corrected chi connectivity index (χ3v) is 5.55. The normalized spacial score (nSPS) is 14.9. The van der Waals surface area contributed by atoms with E-state index in [0.717, 1.165) is 35.4 Å². The molecule has 0 spiro atoms. The van der Waals surface area contributed by atoms with Crippen molar-refractivity contribution in [3.63, 3.8) is 0 Å². The molecule has 158 valence electrons. The molecule has 0 fully saturated rings. The zero-order valence-corrected chi connectivity index (χ0v) is 17.7. The van der Waals surface area contributed by atoms with Crippen molar-refractivity contribution in [2.24, 2.45) is 0 Å². The molecule has 0 unspecified atom stereocenters. The number of fused-ring (bicyclic) bond motifs is 2. The molecule has 0 bridgehead atoms. The van der Waals surface area contributed by atoms with Crippen LogP contribution in [0.2, 0.25) is 0 Å². The lowest BCUT2D eigenvalue weighted by Gasteiger charge is -2.28. The van der Waals surface area contributed by atoms with E-state index in [9.17, 15) is 14.4 Å². The lowest BCUT2D eigenvalue weighted by molar-refractivity contribution is -0.119. The van der Waals surface area contributed by atoms with Crippen LogP contribution in [0.4, 0.5) is 11.4 Å². The molecule has 2 aliphatic rings. The van der Waals surface area contributed by atoms with E-state index in [1.165, 1.54) is 5.56 Å². The minimum absolute atomic E-state index is 0.0499. The Hall–Kier alpha value is -3.35. The minimum atomic E-state index is 0.0499. The van der Waals surface area contributed by atoms with E-state index in [1.54, 1.807) is 50.2 Å². The highest BCUT2D eigenvalue weighted by atomic mass is 16.5. The largest absolute Gasteiger partial charge is 0.495 e. The van der Waals surface area contributed by atoms with Gasteiger partial charge in [0.2, 0.25) is 11.8 Å². The maximum atomic E-state index is 11.6. The molecule has 4 rings (SSSR count). The summed E-state index contributed by atoms with van der Waals surface area (Å²) in [4.78, 5) is 37.3. The maximum absolute atomic E-state index is 11.6. The first kappa shape index (κ1) is 21.4. The lowest BCUT2D eigenvalue weighted by atomic mass is 9.96. The summed E-state index contributed by atoms with van der Waals surface area (Å²) in [6.07, 6.45) is 3.27. The first-order valence-electron chi connectivity index (χ1n) is 9.77. The standard InChI is InChI=1S/C12H13NO3.C11H13NO2/c1-13-11(15)6-4-9-8(7-14)3-5-10(16-2)12(9)13;1-12-10(13)7-6-8-4-3-5-9(14-2)11(8)12/h3,5,7H,4,6H2,1-2H3;3-5H,6-7H2,1-2H3. The van der Waals surface area contributed by atoms with Crippen molar-refractivity contribution in [1.29, 1.82) is 0 Å². The van der Waals surface area contributed by atoms with Gasteiger partial charge in [-0.2, -0.15) is 0 Å². The third-order valence-electron chi connectivity index (χ3n) is 5.55. The maximum Gasteiger partial charge on any atom is 0.227 e. The Kier molecular flexibility index (Phi) is 6.40. The molecule has 0 aliphatic carbocycles. The number of carbonyl (C=O) groups excluding carboxylic acids is 3. The monoisotopic (exact) mass is 410 g/mol. The van der Waals surface area contributed by atoms with Gasteiger partial charge in [-0.3, -0.25) is 14.4 Å². The molecular formula is C23H26N2O5. The van der Waals surface area contributed by atoms with Gasteiger partial charge >= 0.3 is 0 Å². The molecular weight excluding hydrogens is 384 g/mol. The van der Waals surface area contributed by atoms with Gasteiger partial charge in [0.25, 0.3) is 0 Å². The summed E-state index contributed by atoms with van der Waals surface area (Å²) in [5, 5.41) is 0. The molecule has 7 nitrogen and oxygen atoms in total. The highest BCUT2D eigenvalue weighted by Crippen LogP contribution is 2.37. The fourth-order valence-electron chi connectivity index (χ4n) is 3.91. The molecule has 0 N–H and O–H groups in total. The van der Waals surface area contributed by atoms with Crippen molar-refractivity contribution in [1.82, 2.24) is 0 Å². The molecule has 30 heavy (non-hydrogen) atoms. The number of para-hydroxylation sites is 1. The summed E-state index contributed by atoms with van der Waals surface area (Å²) < 4.78 is 10.5. The number of benzene rings is 2. The molecule has 2 amide bonds. The third kappa shape index (κ3) is 3.87. The van der Waals surface area contributed by atoms with E-state index < -0.39 is 0 Å². The topological polar surface area (TPSA) is 76.2 Å². The van der Waals surface area contributed by atoms with Gasteiger partial charge in [-0.15, -0.1) is 0 Å². The number of anilines is 2. The Labute approximate surface area is 176 Å². The summed E-state index contributed by atoms with van der Waals surface area (Å²) >= 11 is 0. The van der Waals surface area contributed by atoms with Crippen molar-refractivity contribution in [3.05, 3.63) is 47.0 Å². The molecule has 0 aromatic heterocycles. The number of rotatable bonds is 3. The Morgan fingerprint density at radius 1 is 0.800 bits per heavy atom. The zero-order valence-electron chi connectivity index (χ0n) is 17.7. The summed E-state index contributed by atoms with van der Waals surface area (Å²) in [7, 11) is 6.69. The van der Waals surface area contributed by atoms with E-state index in [1.807, 2.05) is 18.2 Å². The van der Waals surface area contributed by atoms with Crippen LogP contribution in [-0.2, 0) is 22.4 Å². The average Bonchev–Trinajstić information content (AvgIpc) is 2.78. The second-order valence-electron chi connectivity index (χ2n) is 7.18. The molecule has 2 aliphatic heterocycles. The number of hydrogen-bond donors (Lipinski definition) is 0. The quantitative estimate of drug-likeness (QED) is 0.727. The van der Waals surface area contributed by atoms with Crippen molar-refractivity contribution in [3.8, 4) is 11.5 Å². The van der Waals surface area contributed by atoms with Gasteiger partial charge in [0.1, 0.15) is 17.8 Å². The lowest BCUT2D eigenvalue weighted by Crippen LogP contribution is -2.32.